The second-order valence-corrected chi connectivity index (χ2v) is 5.78. The molecule has 1 unspecified atom stereocenters. The minimum Gasteiger partial charge on any atom is -0.454 e. The lowest BCUT2D eigenvalue weighted by atomic mass is 10.2. The molecule has 1 aromatic rings. The van der Waals surface area contributed by atoms with Crippen LogP contribution in [0.15, 0.2) is 18.2 Å². The van der Waals surface area contributed by atoms with Gasteiger partial charge in [0.25, 0.3) is 0 Å². The Morgan fingerprint density at radius 3 is 2.95 bits per heavy atom. The Bertz CT molecular complexity index is 473. The molecule has 2 aliphatic heterocycles. The molecule has 1 N–H and O–H groups in total. The number of nitrogens with one attached hydrogen (secondary N) is 1. The zero-order valence-electron chi connectivity index (χ0n) is 11.1. The molecular weight excluding hydrogens is 240 g/mol. The minimum atomic E-state index is 0.352. The summed E-state index contributed by atoms with van der Waals surface area (Å²) in [5.74, 6) is 1.75. The zero-order chi connectivity index (χ0) is 12.7. The van der Waals surface area contributed by atoms with Gasteiger partial charge in [0, 0.05) is 31.7 Å². The molecule has 4 nitrogen and oxygen atoms in total. The van der Waals surface area contributed by atoms with Crippen LogP contribution >= 0.6 is 0 Å². The lowest BCUT2D eigenvalue weighted by molar-refractivity contribution is 0.174. The van der Waals surface area contributed by atoms with Gasteiger partial charge in [-0.3, -0.25) is 4.90 Å². The van der Waals surface area contributed by atoms with Crippen molar-refractivity contribution in [1.29, 1.82) is 0 Å². The van der Waals surface area contributed by atoms with E-state index in [1.165, 1.54) is 37.9 Å². The monoisotopic (exact) mass is 260 g/mol. The van der Waals surface area contributed by atoms with Gasteiger partial charge in [0.05, 0.1) is 0 Å². The number of likely N-dealkylation sites (tertiary alicyclic amines) is 1. The summed E-state index contributed by atoms with van der Waals surface area (Å²) in [5, 5.41) is 3.66. The average Bonchev–Trinajstić information content (AvgIpc) is 3.01. The van der Waals surface area contributed by atoms with Crippen molar-refractivity contribution < 1.29 is 9.47 Å². The first kappa shape index (κ1) is 11.6. The summed E-state index contributed by atoms with van der Waals surface area (Å²) in [5.41, 5.74) is 1.27. The maximum Gasteiger partial charge on any atom is 0.231 e. The highest BCUT2D eigenvalue weighted by molar-refractivity contribution is 5.44. The molecule has 0 bridgehead atoms. The first-order valence-electron chi connectivity index (χ1n) is 7.24. The maximum absolute atomic E-state index is 5.41. The fourth-order valence-electron chi connectivity index (χ4n) is 3.04. The van der Waals surface area contributed by atoms with E-state index in [-0.39, 0.29) is 0 Å². The number of nitrogens with zero attached hydrogens (tertiary/aromatic N) is 1. The summed E-state index contributed by atoms with van der Waals surface area (Å²) in [4.78, 5) is 2.64. The Hall–Kier alpha value is -1.26. The van der Waals surface area contributed by atoms with E-state index >= 15 is 0 Å². The van der Waals surface area contributed by atoms with Gasteiger partial charge in [-0.1, -0.05) is 6.07 Å². The van der Waals surface area contributed by atoms with Crippen LogP contribution < -0.4 is 14.8 Å². The van der Waals surface area contributed by atoms with E-state index in [0.717, 1.165) is 24.1 Å². The van der Waals surface area contributed by atoms with Crippen molar-refractivity contribution in [3.63, 3.8) is 0 Å². The van der Waals surface area contributed by atoms with E-state index in [1.54, 1.807) is 0 Å². The second kappa shape index (κ2) is 4.69. The number of rotatable bonds is 4. The molecule has 0 aromatic heterocycles. The van der Waals surface area contributed by atoms with E-state index in [9.17, 15) is 0 Å². The van der Waals surface area contributed by atoms with Crippen molar-refractivity contribution in [2.24, 2.45) is 0 Å². The quantitative estimate of drug-likeness (QED) is 0.894. The highest BCUT2D eigenvalue weighted by Gasteiger charge is 2.34. The van der Waals surface area contributed by atoms with Crippen molar-refractivity contribution >= 4 is 0 Å². The number of hydrogen-bond donors (Lipinski definition) is 1. The Balaban J connectivity index is 1.32. The number of hydrogen-bond acceptors (Lipinski definition) is 4. The molecule has 2 heterocycles. The van der Waals surface area contributed by atoms with Gasteiger partial charge in [-0.15, -0.1) is 0 Å². The Morgan fingerprint density at radius 2 is 2.05 bits per heavy atom. The third-order valence-corrected chi connectivity index (χ3v) is 4.31. The Morgan fingerprint density at radius 1 is 1.16 bits per heavy atom. The van der Waals surface area contributed by atoms with Gasteiger partial charge in [0.2, 0.25) is 6.79 Å². The first-order chi connectivity index (χ1) is 9.38. The van der Waals surface area contributed by atoms with Gasteiger partial charge in [-0.05, 0) is 37.0 Å². The summed E-state index contributed by atoms with van der Waals surface area (Å²) >= 11 is 0. The maximum atomic E-state index is 5.41. The molecule has 0 radical (unpaired) electrons. The van der Waals surface area contributed by atoms with E-state index in [4.69, 9.17) is 9.47 Å². The lowest BCUT2D eigenvalue weighted by Crippen LogP contribution is -2.32. The van der Waals surface area contributed by atoms with Crippen LogP contribution in [0.1, 0.15) is 24.8 Å². The fourth-order valence-corrected chi connectivity index (χ4v) is 3.04. The van der Waals surface area contributed by atoms with Crippen LogP contribution in [-0.2, 0) is 6.54 Å². The third kappa shape index (κ3) is 2.42. The summed E-state index contributed by atoms with van der Waals surface area (Å²) in [6.07, 6.45) is 4.10. The van der Waals surface area contributed by atoms with E-state index in [1.807, 2.05) is 6.07 Å². The van der Waals surface area contributed by atoms with Crippen LogP contribution in [0.3, 0.4) is 0 Å². The summed E-state index contributed by atoms with van der Waals surface area (Å²) < 4.78 is 10.7. The molecule has 1 atom stereocenters. The largest absolute Gasteiger partial charge is 0.454 e. The zero-order valence-corrected chi connectivity index (χ0v) is 11.1. The normalized spacial score (nSPS) is 26.0. The Labute approximate surface area is 113 Å². The number of benzene rings is 1. The highest BCUT2D eigenvalue weighted by atomic mass is 16.7. The molecule has 1 saturated carbocycles. The summed E-state index contributed by atoms with van der Waals surface area (Å²) in [6, 6.07) is 7.75. The molecule has 0 spiro atoms. The molecular formula is C15H20N2O2. The van der Waals surface area contributed by atoms with Crippen molar-refractivity contribution in [3.8, 4) is 11.5 Å². The lowest BCUT2D eigenvalue weighted by Gasteiger charge is -2.15. The predicted molar refractivity (Wildman–Crippen MR) is 72.4 cm³/mol. The van der Waals surface area contributed by atoms with E-state index < -0.39 is 0 Å². The van der Waals surface area contributed by atoms with Crippen molar-refractivity contribution in [1.82, 2.24) is 10.2 Å². The van der Waals surface area contributed by atoms with Crippen LogP contribution in [0.2, 0.25) is 0 Å². The smallest absolute Gasteiger partial charge is 0.231 e. The number of ether oxygens (including phenoxy) is 2. The van der Waals surface area contributed by atoms with Crippen molar-refractivity contribution in [2.75, 3.05) is 19.9 Å². The molecule has 102 valence electrons. The molecule has 1 saturated heterocycles. The van der Waals surface area contributed by atoms with Crippen LogP contribution in [0.5, 0.6) is 11.5 Å². The first-order valence-corrected chi connectivity index (χ1v) is 7.24. The topological polar surface area (TPSA) is 33.7 Å². The highest BCUT2D eigenvalue weighted by Crippen LogP contribution is 2.33. The standard InChI is InChI=1S/C15H20N2O2/c1-4-14-15(19-10-18-14)7-11(1)8-16-12-5-6-17(9-12)13-2-3-13/h1,4,7,12-13,16H,2-3,5-6,8-10H2. The third-order valence-electron chi connectivity index (χ3n) is 4.31. The SMILES string of the molecule is c1cc2c(cc1CNC1CCN(C3CC3)C1)OCO2. The van der Waals surface area contributed by atoms with E-state index in [0.29, 0.717) is 12.8 Å². The second-order valence-electron chi connectivity index (χ2n) is 5.78. The van der Waals surface area contributed by atoms with Crippen LogP contribution in [0, 0.1) is 0 Å². The van der Waals surface area contributed by atoms with Gasteiger partial charge in [0.15, 0.2) is 11.5 Å². The van der Waals surface area contributed by atoms with E-state index in [2.05, 4.69) is 22.3 Å². The van der Waals surface area contributed by atoms with Gasteiger partial charge >= 0.3 is 0 Å². The predicted octanol–water partition coefficient (Wildman–Crippen LogP) is 1.74. The Kier molecular flexibility index (Phi) is 2.85. The molecule has 4 rings (SSSR count). The van der Waals surface area contributed by atoms with Crippen LogP contribution in [-0.4, -0.2) is 36.9 Å². The van der Waals surface area contributed by atoms with Crippen LogP contribution in [0.25, 0.3) is 0 Å². The van der Waals surface area contributed by atoms with Gasteiger partial charge < -0.3 is 14.8 Å². The molecule has 1 aliphatic carbocycles. The van der Waals surface area contributed by atoms with Gasteiger partial charge in [-0.2, -0.15) is 0 Å². The molecule has 2 fully saturated rings. The molecule has 19 heavy (non-hydrogen) atoms. The van der Waals surface area contributed by atoms with Crippen LogP contribution in [0.4, 0.5) is 0 Å². The van der Waals surface area contributed by atoms with Crippen molar-refractivity contribution in [3.05, 3.63) is 23.8 Å². The fraction of sp³-hybridized carbons (Fsp3) is 0.600. The minimum absolute atomic E-state index is 0.352. The summed E-state index contributed by atoms with van der Waals surface area (Å²) in [6.45, 7) is 3.75. The number of fused-ring (bicyclic) bond motifs is 1. The molecule has 3 aliphatic rings. The molecule has 4 heteroatoms. The average molecular weight is 260 g/mol. The summed E-state index contributed by atoms with van der Waals surface area (Å²) in [7, 11) is 0. The van der Waals surface area contributed by atoms with Gasteiger partial charge in [-0.25, -0.2) is 0 Å². The van der Waals surface area contributed by atoms with Crippen molar-refractivity contribution in [2.45, 2.75) is 37.9 Å². The molecule has 1 aromatic carbocycles. The van der Waals surface area contributed by atoms with Gasteiger partial charge in [0.1, 0.15) is 0 Å². The molecule has 0 amide bonds.